The van der Waals surface area contributed by atoms with E-state index in [1.54, 1.807) is 5.56 Å². The molecule has 1 nitrogen and oxygen atoms in total. The minimum absolute atomic E-state index is 0. The molecule has 0 radical (unpaired) electrons. The first-order valence-electron chi connectivity index (χ1n) is 19.6. The molecule has 0 N–H and O–H groups in total. The van der Waals surface area contributed by atoms with Crippen LogP contribution in [-0.4, -0.2) is 13.2 Å². The molecule has 4 aliphatic rings. The summed E-state index contributed by atoms with van der Waals surface area (Å²) in [5.74, 6) is 8.48. The third kappa shape index (κ3) is 10.0. The van der Waals surface area contributed by atoms with Gasteiger partial charge in [-0.05, 0) is 137 Å². The van der Waals surface area contributed by atoms with Gasteiger partial charge >= 0.3 is 37.9 Å². The van der Waals surface area contributed by atoms with Gasteiger partial charge in [0.15, 0.2) is 0 Å². The molecule has 286 valence electrons. The van der Waals surface area contributed by atoms with Gasteiger partial charge < -0.3 is 19.6 Å². The van der Waals surface area contributed by atoms with Gasteiger partial charge in [-0.3, -0.25) is 0 Å². The molecule has 0 saturated heterocycles. The molecule has 6 rings (SSSR count). The zero-order chi connectivity index (χ0) is 35.9. The fourth-order valence-corrected chi connectivity index (χ4v) is 11.8. The van der Waals surface area contributed by atoms with Crippen LogP contribution in [0, 0.1) is 78.9 Å². The van der Waals surface area contributed by atoms with Crippen molar-refractivity contribution < 1.29 is 25.6 Å². The Morgan fingerprint density at radius 2 is 1.29 bits per heavy atom. The summed E-state index contributed by atoms with van der Waals surface area (Å²) >= 11 is -0.826. The van der Waals surface area contributed by atoms with Crippen molar-refractivity contribution in [2.45, 2.75) is 138 Å². The van der Waals surface area contributed by atoms with E-state index in [2.05, 4.69) is 124 Å². The maximum absolute atomic E-state index is 6.50. The molecule has 4 heteroatoms. The van der Waals surface area contributed by atoms with Crippen LogP contribution in [-0.2, 0) is 31.0 Å². The van der Waals surface area contributed by atoms with Crippen LogP contribution in [0.5, 0.6) is 0 Å². The van der Waals surface area contributed by atoms with Gasteiger partial charge in [0, 0.05) is 13.0 Å². The van der Waals surface area contributed by atoms with E-state index in [9.17, 15) is 0 Å². The topological polar surface area (TPSA) is 9.23 Å². The van der Waals surface area contributed by atoms with E-state index >= 15 is 0 Å². The number of hydrogen-bond donors (Lipinski definition) is 0. The quantitative estimate of drug-likeness (QED) is 0.273. The van der Waals surface area contributed by atoms with Crippen molar-refractivity contribution >= 4 is 17.0 Å². The van der Waals surface area contributed by atoms with Crippen LogP contribution in [0.2, 0.25) is 0 Å². The standard InChI is InChI=1S/C45H68O.2CH3.2ClH.Zr/c1-28-23-39-38(27-40(45(8,9)10)42(46-11)41(39)30-15-13-12-14-16-30)35(28)24-31-19-22-34-36(25-33(26-37(31)34)44(5,6)7)29-17-20-32(21-18-29)43(2,3)4;;;;;/h12-18,20-21,28,31,33-42H,19,22-27H2,1-11H3;2*1H3;2*1H;/q;2*-1;;;+4/p-2. The molecule has 0 spiro atoms. The molecule has 0 amide bonds. The summed E-state index contributed by atoms with van der Waals surface area (Å²) in [4.78, 5) is 0. The van der Waals surface area contributed by atoms with Crippen LogP contribution in [0.3, 0.4) is 0 Å². The van der Waals surface area contributed by atoms with Crippen molar-refractivity contribution in [1.82, 2.24) is 0 Å². The van der Waals surface area contributed by atoms with Gasteiger partial charge in [0.25, 0.3) is 0 Å². The monoisotopic (exact) mass is 814 g/mol. The number of hydrogen-bond acceptors (Lipinski definition) is 1. The Morgan fingerprint density at radius 3 is 1.82 bits per heavy atom. The summed E-state index contributed by atoms with van der Waals surface area (Å²) in [5.41, 5.74) is 5.44. The molecule has 0 bridgehead atoms. The van der Waals surface area contributed by atoms with Crippen molar-refractivity contribution in [3.05, 3.63) is 86.1 Å². The third-order valence-corrected chi connectivity index (χ3v) is 14.4. The third-order valence-electron chi connectivity index (χ3n) is 14.4. The Hall–Kier alpha value is -0.137. The normalized spacial score (nSPS) is 34.8. The van der Waals surface area contributed by atoms with Gasteiger partial charge in [0.2, 0.25) is 0 Å². The molecule has 0 heterocycles. The number of halogens is 2. The van der Waals surface area contributed by atoms with Crippen LogP contribution >= 0.6 is 17.0 Å². The predicted molar refractivity (Wildman–Crippen MR) is 221 cm³/mol. The second-order valence-corrected chi connectivity index (χ2v) is 23.8. The first kappa shape index (κ1) is 45.3. The van der Waals surface area contributed by atoms with Crippen LogP contribution in [0.15, 0.2) is 54.6 Å². The Bertz CT molecular complexity index is 1320. The van der Waals surface area contributed by atoms with Crippen molar-refractivity contribution in [3.8, 4) is 0 Å². The molecule has 12 atom stereocenters. The fraction of sp³-hybridized carbons (Fsp3) is 0.702. The summed E-state index contributed by atoms with van der Waals surface area (Å²) < 4.78 is 6.50. The number of ether oxygens (including phenoxy) is 1. The zero-order valence-electron chi connectivity index (χ0n) is 34.7. The van der Waals surface area contributed by atoms with E-state index in [0.717, 1.165) is 53.3 Å². The predicted octanol–water partition coefficient (Wildman–Crippen LogP) is 14.6. The SMILES string of the molecule is COC1C(c2ccccc2)C2CC(C)C(CC3CCC4C(c5ccc(C(C)(C)C)cc5)CC(C(C)(C)C)CC34)C2CC1C(C)(C)C.[CH3-].[CH3-].[Cl][Zr+2][Cl]. The summed E-state index contributed by atoms with van der Waals surface area (Å²) in [6.07, 6.45) is 10.2. The van der Waals surface area contributed by atoms with Crippen molar-refractivity contribution in [3.63, 3.8) is 0 Å². The molecule has 12 unspecified atom stereocenters. The number of fused-ring (bicyclic) bond motifs is 2. The van der Waals surface area contributed by atoms with Crippen molar-refractivity contribution in [2.75, 3.05) is 7.11 Å². The van der Waals surface area contributed by atoms with E-state index in [1.807, 2.05) is 7.11 Å². The Labute approximate surface area is 335 Å². The molecule has 2 aromatic carbocycles. The molecule has 51 heavy (non-hydrogen) atoms. The van der Waals surface area contributed by atoms with E-state index < -0.39 is 20.8 Å². The first-order chi connectivity index (χ1) is 23.0. The van der Waals surface area contributed by atoms with Gasteiger partial charge in [-0.2, -0.15) is 0 Å². The maximum atomic E-state index is 6.50. The molecular formula is C47H74Cl2OZr. The molecule has 4 aliphatic carbocycles. The average Bonchev–Trinajstić information content (AvgIpc) is 3.59. The molecule has 4 fully saturated rings. The van der Waals surface area contributed by atoms with Crippen LogP contribution in [0.4, 0.5) is 0 Å². The molecular weight excluding hydrogens is 743 g/mol. The minimum atomic E-state index is -0.826. The number of benzene rings is 2. The van der Waals surface area contributed by atoms with Gasteiger partial charge in [0.05, 0.1) is 6.10 Å². The van der Waals surface area contributed by atoms with Crippen LogP contribution in [0.1, 0.15) is 143 Å². The second kappa shape index (κ2) is 18.2. The summed E-state index contributed by atoms with van der Waals surface area (Å²) in [7, 11) is 11.9. The Balaban J connectivity index is 0.00000136. The van der Waals surface area contributed by atoms with E-state index in [4.69, 9.17) is 21.8 Å². The average molecular weight is 817 g/mol. The Morgan fingerprint density at radius 1 is 0.686 bits per heavy atom. The van der Waals surface area contributed by atoms with Gasteiger partial charge in [-0.25, -0.2) is 0 Å². The van der Waals surface area contributed by atoms with Gasteiger partial charge in [-0.1, -0.05) is 124 Å². The summed E-state index contributed by atoms with van der Waals surface area (Å²) in [6.45, 7) is 24.7. The van der Waals surface area contributed by atoms with Gasteiger partial charge in [-0.15, -0.1) is 0 Å². The second-order valence-electron chi connectivity index (χ2n) is 20.0. The van der Waals surface area contributed by atoms with E-state index in [-0.39, 0.29) is 25.7 Å². The summed E-state index contributed by atoms with van der Waals surface area (Å²) in [5, 5.41) is 0. The summed E-state index contributed by atoms with van der Waals surface area (Å²) in [6, 6.07) is 21.4. The van der Waals surface area contributed by atoms with Crippen LogP contribution < -0.4 is 0 Å². The van der Waals surface area contributed by atoms with E-state index in [0.29, 0.717) is 23.4 Å². The molecule has 2 aromatic rings. The van der Waals surface area contributed by atoms with Crippen molar-refractivity contribution in [1.29, 1.82) is 0 Å². The molecule has 4 saturated carbocycles. The molecule has 0 aliphatic heterocycles. The van der Waals surface area contributed by atoms with Crippen LogP contribution in [0.25, 0.3) is 0 Å². The van der Waals surface area contributed by atoms with Crippen molar-refractivity contribution in [2.24, 2.45) is 64.1 Å². The fourth-order valence-electron chi connectivity index (χ4n) is 11.8. The zero-order valence-corrected chi connectivity index (χ0v) is 38.7. The number of methoxy groups -OCH3 is 1. The number of rotatable bonds is 5. The first-order valence-corrected chi connectivity index (χ1v) is 26.0. The Kier molecular flexibility index (Phi) is 16.2. The van der Waals surface area contributed by atoms with Gasteiger partial charge in [0.1, 0.15) is 0 Å². The molecule has 0 aromatic heterocycles. The van der Waals surface area contributed by atoms with E-state index in [1.165, 1.54) is 56.1 Å².